The summed E-state index contributed by atoms with van der Waals surface area (Å²) in [6, 6.07) is 4.44. The standard InChI is InChI=1S/C12H15FO3/c1-9-3-4-11(13)10(7-9)12(14)8-16-6-5-15-2/h3-4,7H,5-6,8H2,1-2H3. The van der Waals surface area contributed by atoms with E-state index in [1.165, 1.54) is 12.1 Å². The summed E-state index contributed by atoms with van der Waals surface area (Å²) < 4.78 is 23.1. The molecule has 0 bridgehead atoms. The van der Waals surface area contributed by atoms with Crippen molar-refractivity contribution < 1.29 is 18.7 Å². The van der Waals surface area contributed by atoms with Crippen molar-refractivity contribution in [3.63, 3.8) is 0 Å². The number of methoxy groups -OCH3 is 1. The molecule has 0 fully saturated rings. The highest BCUT2D eigenvalue weighted by Crippen LogP contribution is 2.10. The van der Waals surface area contributed by atoms with E-state index in [2.05, 4.69) is 0 Å². The molecule has 1 rings (SSSR count). The molecule has 3 nitrogen and oxygen atoms in total. The van der Waals surface area contributed by atoms with E-state index in [0.29, 0.717) is 13.2 Å². The number of carbonyl (C=O) groups excluding carboxylic acids is 1. The van der Waals surface area contributed by atoms with Crippen molar-refractivity contribution in [2.24, 2.45) is 0 Å². The number of ether oxygens (including phenoxy) is 2. The van der Waals surface area contributed by atoms with Gasteiger partial charge in [0.1, 0.15) is 12.4 Å². The van der Waals surface area contributed by atoms with Gasteiger partial charge in [-0.2, -0.15) is 0 Å². The summed E-state index contributed by atoms with van der Waals surface area (Å²) in [5.41, 5.74) is 0.930. The van der Waals surface area contributed by atoms with Gasteiger partial charge in [-0.15, -0.1) is 0 Å². The van der Waals surface area contributed by atoms with Crippen LogP contribution in [-0.2, 0) is 9.47 Å². The van der Waals surface area contributed by atoms with E-state index in [9.17, 15) is 9.18 Å². The average molecular weight is 226 g/mol. The maximum atomic E-state index is 13.3. The Labute approximate surface area is 94.2 Å². The molecule has 0 heterocycles. The molecular formula is C12H15FO3. The molecule has 16 heavy (non-hydrogen) atoms. The highest BCUT2D eigenvalue weighted by atomic mass is 19.1. The van der Waals surface area contributed by atoms with Crippen LogP contribution in [0.25, 0.3) is 0 Å². The summed E-state index contributed by atoms with van der Waals surface area (Å²) in [4.78, 5) is 11.6. The van der Waals surface area contributed by atoms with Crippen LogP contribution in [-0.4, -0.2) is 32.7 Å². The zero-order chi connectivity index (χ0) is 12.0. The Hall–Kier alpha value is -1.26. The normalized spacial score (nSPS) is 10.4. The quantitative estimate of drug-likeness (QED) is 0.549. The van der Waals surface area contributed by atoms with Crippen LogP contribution in [0, 0.1) is 12.7 Å². The second kappa shape index (κ2) is 6.35. The minimum absolute atomic E-state index is 0.0809. The number of hydrogen-bond donors (Lipinski definition) is 0. The monoisotopic (exact) mass is 226 g/mol. The lowest BCUT2D eigenvalue weighted by atomic mass is 10.1. The first kappa shape index (κ1) is 12.8. The molecule has 1 aromatic rings. The molecule has 0 aliphatic heterocycles. The Balaban J connectivity index is 2.55. The first-order valence-electron chi connectivity index (χ1n) is 5.01. The lowest BCUT2D eigenvalue weighted by Gasteiger charge is -2.05. The van der Waals surface area contributed by atoms with E-state index in [1.807, 2.05) is 6.92 Å². The molecule has 0 amide bonds. The number of hydrogen-bond acceptors (Lipinski definition) is 3. The van der Waals surface area contributed by atoms with Crippen molar-refractivity contribution >= 4 is 5.78 Å². The van der Waals surface area contributed by atoms with Gasteiger partial charge in [0.05, 0.1) is 18.8 Å². The molecule has 0 N–H and O–H groups in total. The molecular weight excluding hydrogens is 211 g/mol. The predicted molar refractivity (Wildman–Crippen MR) is 58.2 cm³/mol. The molecule has 0 radical (unpaired) electrons. The predicted octanol–water partition coefficient (Wildman–Crippen LogP) is 1.98. The van der Waals surface area contributed by atoms with Crippen molar-refractivity contribution in [2.45, 2.75) is 6.92 Å². The summed E-state index contributed by atoms with van der Waals surface area (Å²) in [5, 5.41) is 0. The SMILES string of the molecule is COCCOCC(=O)c1cc(C)ccc1F. The van der Waals surface area contributed by atoms with E-state index >= 15 is 0 Å². The van der Waals surface area contributed by atoms with E-state index in [1.54, 1.807) is 13.2 Å². The fourth-order valence-corrected chi connectivity index (χ4v) is 1.24. The van der Waals surface area contributed by atoms with Gasteiger partial charge in [-0.1, -0.05) is 11.6 Å². The molecule has 4 heteroatoms. The summed E-state index contributed by atoms with van der Waals surface area (Å²) in [6.07, 6.45) is 0. The molecule has 0 aromatic heterocycles. The molecule has 0 aliphatic rings. The van der Waals surface area contributed by atoms with Gasteiger partial charge in [-0.3, -0.25) is 4.79 Å². The van der Waals surface area contributed by atoms with E-state index in [-0.39, 0.29) is 18.0 Å². The third-order valence-electron chi connectivity index (χ3n) is 2.09. The third kappa shape index (κ3) is 3.72. The smallest absolute Gasteiger partial charge is 0.191 e. The minimum atomic E-state index is -0.508. The Morgan fingerprint density at radius 2 is 2.12 bits per heavy atom. The van der Waals surface area contributed by atoms with Crippen LogP contribution in [0.4, 0.5) is 4.39 Å². The number of ketones is 1. The maximum Gasteiger partial charge on any atom is 0.191 e. The van der Waals surface area contributed by atoms with Gasteiger partial charge < -0.3 is 9.47 Å². The van der Waals surface area contributed by atoms with E-state index in [4.69, 9.17) is 9.47 Å². The average Bonchev–Trinajstić information content (AvgIpc) is 2.27. The topological polar surface area (TPSA) is 35.5 Å². The zero-order valence-corrected chi connectivity index (χ0v) is 9.46. The number of rotatable bonds is 6. The molecule has 0 saturated heterocycles. The first-order chi connectivity index (χ1) is 7.65. The van der Waals surface area contributed by atoms with Gasteiger partial charge in [0.25, 0.3) is 0 Å². The van der Waals surface area contributed by atoms with Crippen molar-refractivity contribution in [1.29, 1.82) is 0 Å². The van der Waals surface area contributed by atoms with Crippen LogP contribution >= 0.6 is 0 Å². The molecule has 0 unspecified atom stereocenters. The molecule has 0 spiro atoms. The molecule has 0 aliphatic carbocycles. The number of halogens is 1. The van der Waals surface area contributed by atoms with Crippen molar-refractivity contribution in [2.75, 3.05) is 26.9 Å². The van der Waals surface area contributed by atoms with Crippen molar-refractivity contribution in [1.82, 2.24) is 0 Å². The molecule has 1 aromatic carbocycles. The maximum absolute atomic E-state index is 13.3. The van der Waals surface area contributed by atoms with Crippen molar-refractivity contribution in [3.8, 4) is 0 Å². The highest BCUT2D eigenvalue weighted by Gasteiger charge is 2.11. The summed E-state index contributed by atoms with van der Waals surface area (Å²) in [5.74, 6) is -0.858. The lowest BCUT2D eigenvalue weighted by molar-refractivity contribution is 0.0574. The molecule has 0 atom stereocenters. The second-order valence-electron chi connectivity index (χ2n) is 3.45. The Kier molecular flexibility index (Phi) is 5.08. The molecule has 88 valence electrons. The molecule has 0 saturated carbocycles. The summed E-state index contributed by atoms with van der Waals surface area (Å²) in [7, 11) is 1.55. The fraction of sp³-hybridized carbons (Fsp3) is 0.417. The van der Waals surface area contributed by atoms with Gasteiger partial charge in [0, 0.05) is 7.11 Å². The largest absolute Gasteiger partial charge is 0.382 e. The van der Waals surface area contributed by atoms with Gasteiger partial charge >= 0.3 is 0 Å². The Bertz CT molecular complexity index is 363. The summed E-state index contributed by atoms with van der Waals surface area (Å²) in [6.45, 7) is 2.44. The minimum Gasteiger partial charge on any atom is -0.382 e. The number of Topliss-reactive ketones (excluding diaryl/α,β-unsaturated/α-hetero) is 1. The van der Waals surface area contributed by atoms with Crippen LogP contribution < -0.4 is 0 Å². The number of carbonyl (C=O) groups is 1. The summed E-state index contributed by atoms with van der Waals surface area (Å²) >= 11 is 0. The number of benzene rings is 1. The third-order valence-corrected chi connectivity index (χ3v) is 2.09. The van der Waals surface area contributed by atoms with Crippen LogP contribution in [0.1, 0.15) is 15.9 Å². The van der Waals surface area contributed by atoms with E-state index < -0.39 is 5.82 Å². The first-order valence-corrected chi connectivity index (χ1v) is 5.01. The van der Waals surface area contributed by atoms with E-state index in [0.717, 1.165) is 5.56 Å². The van der Waals surface area contributed by atoms with Gasteiger partial charge in [0.15, 0.2) is 5.78 Å². The van der Waals surface area contributed by atoms with Crippen LogP contribution in [0.2, 0.25) is 0 Å². The fourth-order valence-electron chi connectivity index (χ4n) is 1.24. The Morgan fingerprint density at radius 1 is 1.38 bits per heavy atom. The second-order valence-corrected chi connectivity index (χ2v) is 3.45. The van der Waals surface area contributed by atoms with Gasteiger partial charge in [0.2, 0.25) is 0 Å². The van der Waals surface area contributed by atoms with Gasteiger partial charge in [-0.25, -0.2) is 4.39 Å². The Morgan fingerprint density at radius 3 is 2.81 bits per heavy atom. The lowest BCUT2D eigenvalue weighted by Crippen LogP contribution is -2.13. The van der Waals surface area contributed by atoms with Crippen LogP contribution in [0.5, 0.6) is 0 Å². The van der Waals surface area contributed by atoms with Crippen LogP contribution in [0.15, 0.2) is 18.2 Å². The van der Waals surface area contributed by atoms with Crippen LogP contribution in [0.3, 0.4) is 0 Å². The van der Waals surface area contributed by atoms with Crippen molar-refractivity contribution in [3.05, 3.63) is 35.1 Å². The highest BCUT2D eigenvalue weighted by molar-refractivity contribution is 5.97. The number of aryl methyl sites for hydroxylation is 1. The zero-order valence-electron chi connectivity index (χ0n) is 9.46. The van der Waals surface area contributed by atoms with Gasteiger partial charge in [-0.05, 0) is 19.1 Å².